The van der Waals surface area contributed by atoms with Crippen molar-refractivity contribution in [1.29, 1.82) is 0 Å². The molecule has 0 spiro atoms. The van der Waals surface area contributed by atoms with Gasteiger partial charge < -0.3 is 5.32 Å². The Bertz CT molecular complexity index is 164. The van der Waals surface area contributed by atoms with Crippen LogP contribution in [0.4, 0.5) is 0 Å². The van der Waals surface area contributed by atoms with E-state index in [0.717, 1.165) is 19.3 Å². The topological polar surface area (TPSA) is 29.1 Å². The summed E-state index contributed by atoms with van der Waals surface area (Å²) in [4.78, 5) is 11.7. The molecule has 0 fully saturated rings. The fraction of sp³-hybridized carbons (Fsp3) is 0.923. The summed E-state index contributed by atoms with van der Waals surface area (Å²) in [6, 6.07) is 0.338. The van der Waals surface area contributed by atoms with Gasteiger partial charge in [-0.2, -0.15) is 0 Å². The summed E-state index contributed by atoms with van der Waals surface area (Å²) in [6.45, 7) is 8.47. The summed E-state index contributed by atoms with van der Waals surface area (Å²) in [5.41, 5.74) is 0. The molecule has 0 aliphatic carbocycles. The lowest BCUT2D eigenvalue weighted by atomic mass is 10.0. The number of nitrogens with one attached hydrogen (secondary N) is 1. The Hall–Kier alpha value is -0.530. The molecule has 0 aromatic heterocycles. The molecule has 0 rings (SSSR count). The van der Waals surface area contributed by atoms with Crippen LogP contribution >= 0.6 is 0 Å². The Labute approximate surface area is 94.8 Å². The quantitative estimate of drug-likeness (QED) is 0.614. The van der Waals surface area contributed by atoms with Crippen molar-refractivity contribution < 1.29 is 4.79 Å². The first-order valence-corrected chi connectivity index (χ1v) is 6.45. The molecule has 0 aromatic carbocycles. The fourth-order valence-corrected chi connectivity index (χ4v) is 1.79. The summed E-state index contributed by atoms with van der Waals surface area (Å²) in [7, 11) is 0. The number of amides is 1. The van der Waals surface area contributed by atoms with E-state index in [-0.39, 0.29) is 11.8 Å². The van der Waals surface area contributed by atoms with Crippen LogP contribution in [0.1, 0.15) is 66.2 Å². The first-order valence-electron chi connectivity index (χ1n) is 6.45. The summed E-state index contributed by atoms with van der Waals surface area (Å²) in [6.07, 6.45) is 6.74. The third-order valence-corrected chi connectivity index (χ3v) is 2.99. The molecule has 2 nitrogen and oxygen atoms in total. The Balaban J connectivity index is 3.74. The molecule has 0 aliphatic rings. The van der Waals surface area contributed by atoms with Crippen molar-refractivity contribution in [2.24, 2.45) is 5.92 Å². The van der Waals surface area contributed by atoms with Gasteiger partial charge in [-0.1, -0.05) is 40.0 Å². The minimum Gasteiger partial charge on any atom is -0.353 e. The van der Waals surface area contributed by atoms with E-state index in [1.54, 1.807) is 0 Å². The normalized spacial score (nSPS) is 12.9. The van der Waals surface area contributed by atoms with Gasteiger partial charge in [-0.15, -0.1) is 0 Å². The van der Waals surface area contributed by atoms with Crippen molar-refractivity contribution in [3.8, 4) is 0 Å². The van der Waals surface area contributed by atoms with Crippen molar-refractivity contribution in [1.82, 2.24) is 5.32 Å². The van der Waals surface area contributed by atoms with Gasteiger partial charge in [-0.3, -0.25) is 4.79 Å². The molecule has 90 valence electrons. The summed E-state index contributed by atoms with van der Waals surface area (Å²) >= 11 is 0. The molecule has 15 heavy (non-hydrogen) atoms. The van der Waals surface area contributed by atoms with Crippen molar-refractivity contribution in [3.05, 3.63) is 0 Å². The van der Waals surface area contributed by atoms with E-state index in [9.17, 15) is 4.79 Å². The highest BCUT2D eigenvalue weighted by Gasteiger charge is 2.15. The van der Waals surface area contributed by atoms with Crippen LogP contribution in [0.3, 0.4) is 0 Å². The van der Waals surface area contributed by atoms with E-state index in [2.05, 4.69) is 33.0 Å². The highest BCUT2D eigenvalue weighted by Crippen LogP contribution is 2.09. The van der Waals surface area contributed by atoms with E-state index in [4.69, 9.17) is 0 Å². The second-order valence-electron chi connectivity index (χ2n) is 4.42. The van der Waals surface area contributed by atoms with Gasteiger partial charge in [0.15, 0.2) is 0 Å². The van der Waals surface area contributed by atoms with Gasteiger partial charge in [0.1, 0.15) is 0 Å². The van der Waals surface area contributed by atoms with Gasteiger partial charge in [-0.05, 0) is 26.2 Å². The van der Waals surface area contributed by atoms with E-state index in [1.165, 1.54) is 19.3 Å². The number of hydrogen-bond donors (Lipinski definition) is 1. The van der Waals surface area contributed by atoms with E-state index >= 15 is 0 Å². The molecule has 0 radical (unpaired) electrons. The standard InChI is InChI=1S/C13H27NO/c1-5-8-9-10-11(4)14-13(15)12(6-2)7-3/h11-12H,5-10H2,1-4H3,(H,14,15). The zero-order chi connectivity index (χ0) is 11.7. The molecule has 0 aliphatic heterocycles. The van der Waals surface area contributed by atoms with Crippen LogP contribution in [0, 0.1) is 5.92 Å². The number of unbranched alkanes of at least 4 members (excludes halogenated alkanes) is 2. The van der Waals surface area contributed by atoms with Crippen molar-refractivity contribution in [2.75, 3.05) is 0 Å². The monoisotopic (exact) mass is 213 g/mol. The fourth-order valence-electron chi connectivity index (χ4n) is 1.79. The van der Waals surface area contributed by atoms with Crippen LogP contribution in [0.5, 0.6) is 0 Å². The molecule has 1 N–H and O–H groups in total. The van der Waals surface area contributed by atoms with E-state index < -0.39 is 0 Å². The molecular formula is C13H27NO. The maximum atomic E-state index is 11.7. The van der Waals surface area contributed by atoms with Crippen molar-refractivity contribution >= 4 is 5.91 Å². The average Bonchev–Trinajstić information content (AvgIpc) is 2.20. The first-order chi connectivity index (χ1) is 7.15. The molecule has 0 saturated heterocycles. The molecule has 1 unspecified atom stereocenters. The summed E-state index contributed by atoms with van der Waals surface area (Å²) in [5.74, 6) is 0.447. The smallest absolute Gasteiger partial charge is 0.223 e. The Morgan fingerprint density at radius 3 is 2.20 bits per heavy atom. The van der Waals surface area contributed by atoms with Crippen LogP contribution in [0.2, 0.25) is 0 Å². The number of carbonyl (C=O) groups excluding carboxylic acids is 1. The second-order valence-corrected chi connectivity index (χ2v) is 4.42. The summed E-state index contributed by atoms with van der Waals surface area (Å²) in [5, 5.41) is 3.10. The molecule has 0 bridgehead atoms. The third-order valence-electron chi connectivity index (χ3n) is 2.99. The van der Waals surface area contributed by atoms with Crippen molar-refractivity contribution in [3.63, 3.8) is 0 Å². The van der Waals surface area contributed by atoms with Crippen molar-refractivity contribution in [2.45, 2.75) is 72.3 Å². The van der Waals surface area contributed by atoms with Gasteiger partial charge in [0.2, 0.25) is 5.91 Å². The summed E-state index contributed by atoms with van der Waals surface area (Å²) < 4.78 is 0. The lowest BCUT2D eigenvalue weighted by molar-refractivity contribution is -0.125. The predicted octanol–water partition coefficient (Wildman–Crippen LogP) is 3.51. The Morgan fingerprint density at radius 1 is 1.13 bits per heavy atom. The van der Waals surface area contributed by atoms with E-state index in [0.29, 0.717) is 6.04 Å². The average molecular weight is 213 g/mol. The Morgan fingerprint density at radius 2 is 1.73 bits per heavy atom. The van der Waals surface area contributed by atoms with Gasteiger partial charge in [0.25, 0.3) is 0 Å². The maximum absolute atomic E-state index is 11.7. The van der Waals surface area contributed by atoms with Crippen LogP contribution < -0.4 is 5.32 Å². The largest absolute Gasteiger partial charge is 0.353 e. The number of rotatable bonds is 8. The van der Waals surface area contributed by atoms with Gasteiger partial charge in [0, 0.05) is 12.0 Å². The van der Waals surface area contributed by atoms with Gasteiger partial charge >= 0.3 is 0 Å². The van der Waals surface area contributed by atoms with Gasteiger partial charge in [-0.25, -0.2) is 0 Å². The molecule has 1 atom stereocenters. The molecule has 1 amide bonds. The molecule has 0 heterocycles. The molecule has 0 aromatic rings. The van der Waals surface area contributed by atoms with E-state index in [1.807, 2.05) is 0 Å². The molecular weight excluding hydrogens is 186 g/mol. The second kappa shape index (κ2) is 8.75. The van der Waals surface area contributed by atoms with Crippen LogP contribution in [0.25, 0.3) is 0 Å². The molecule has 0 saturated carbocycles. The van der Waals surface area contributed by atoms with Crippen LogP contribution in [-0.2, 0) is 4.79 Å². The van der Waals surface area contributed by atoms with Crippen LogP contribution in [-0.4, -0.2) is 11.9 Å². The third kappa shape index (κ3) is 6.53. The Kier molecular flexibility index (Phi) is 8.44. The highest BCUT2D eigenvalue weighted by molar-refractivity contribution is 5.78. The number of hydrogen-bond acceptors (Lipinski definition) is 1. The SMILES string of the molecule is CCCCCC(C)NC(=O)C(CC)CC. The van der Waals surface area contributed by atoms with Crippen LogP contribution in [0.15, 0.2) is 0 Å². The predicted molar refractivity (Wildman–Crippen MR) is 65.8 cm³/mol. The minimum absolute atomic E-state index is 0.207. The zero-order valence-electron chi connectivity index (χ0n) is 10.8. The van der Waals surface area contributed by atoms with Gasteiger partial charge in [0.05, 0.1) is 0 Å². The minimum atomic E-state index is 0.207. The zero-order valence-corrected chi connectivity index (χ0v) is 10.8. The highest BCUT2D eigenvalue weighted by atomic mass is 16.1. The lowest BCUT2D eigenvalue weighted by Crippen LogP contribution is -2.36. The first kappa shape index (κ1) is 14.5. The maximum Gasteiger partial charge on any atom is 0.223 e. The lowest BCUT2D eigenvalue weighted by Gasteiger charge is -2.18. The number of carbonyl (C=O) groups is 1. The molecule has 2 heteroatoms.